The molecule has 0 saturated heterocycles. The van der Waals surface area contributed by atoms with Crippen LogP contribution in [0.4, 0.5) is 11.4 Å². The SMILES string of the molecule is Cc1cccc(NC(=O)c2cccc(NC(=O)[C@@H](N)CS)c2)c1C. The van der Waals surface area contributed by atoms with E-state index in [0.717, 1.165) is 16.8 Å². The lowest BCUT2D eigenvalue weighted by Crippen LogP contribution is -2.37. The van der Waals surface area contributed by atoms with Gasteiger partial charge in [-0.25, -0.2) is 0 Å². The molecule has 24 heavy (non-hydrogen) atoms. The molecule has 2 aromatic carbocycles. The van der Waals surface area contributed by atoms with Gasteiger partial charge in [0.1, 0.15) is 0 Å². The Balaban J connectivity index is 2.14. The molecule has 0 aliphatic rings. The van der Waals surface area contributed by atoms with Gasteiger partial charge in [-0.15, -0.1) is 0 Å². The van der Waals surface area contributed by atoms with E-state index in [1.54, 1.807) is 24.3 Å². The molecule has 6 heteroatoms. The van der Waals surface area contributed by atoms with Crippen molar-refractivity contribution in [1.29, 1.82) is 0 Å². The number of hydrogen-bond donors (Lipinski definition) is 4. The van der Waals surface area contributed by atoms with Crippen LogP contribution in [0.15, 0.2) is 42.5 Å². The third kappa shape index (κ3) is 4.37. The quantitative estimate of drug-likeness (QED) is 0.630. The predicted octanol–water partition coefficient (Wildman–Crippen LogP) is 2.75. The Morgan fingerprint density at radius 1 is 1.12 bits per heavy atom. The van der Waals surface area contributed by atoms with E-state index < -0.39 is 6.04 Å². The fourth-order valence-electron chi connectivity index (χ4n) is 2.14. The number of anilines is 2. The summed E-state index contributed by atoms with van der Waals surface area (Å²) in [5, 5.41) is 5.57. The van der Waals surface area contributed by atoms with Gasteiger partial charge in [-0.2, -0.15) is 12.6 Å². The Bertz CT molecular complexity index is 762. The maximum Gasteiger partial charge on any atom is 0.255 e. The zero-order chi connectivity index (χ0) is 17.7. The van der Waals surface area contributed by atoms with Gasteiger partial charge in [-0.05, 0) is 49.2 Å². The summed E-state index contributed by atoms with van der Waals surface area (Å²) in [4.78, 5) is 24.3. The highest BCUT2D eigenvalue weighted by Crippen LogP contribution is 2.19. The second kappa shape index (κ2) is 7.99. The molecule has 0 radical (unpaired) electrons. The average molecular weight is 343 g/mol. The van der Waals surface area contributed by atoms with E-state index in [1.165, 1.54) is 0 Å². The van der Waals surface area contributed by atoms with Gasteiger partial charge < -0.3 is 16.4 Å². The second-order valence-electron chi connectivity index (χ2n) is 5.56. The minimum absolute atomic E-state index is 0.238. The van der Waals surface area contributed by atoms with Gasteiger partial charge in [0, 0.05) is 22.7 Å². The third-order valence-corrected chi connectivity index (χ3v) is 4.17. The molecule has 1 atom stereocenters. The molecule has 0 fully saturated rings. The number of hydrogen-bond acceptors (Lipinski definition) is 4. The lowest BCUT2D eigenvalue weighted by atomic mass is 10.1. The van der Waals surface area contributed by atoms with E-state index >= 15 is 0 Å². The molecule has 0 unspecified atom stereocenters. The number of nitrogens with two attached hydrogens (primary N) is 1. The molecular formula is C18H21N3O2S. The van der Waals surface area contributed by atoms with Crippen molar-refractivity contribution in [3.05, 3.63) is 59.2 Å². The van der Waals surface area contributed by atoms with Crippen molar-refractivity contribution in [2.75, 3.05) is 16.4 Å². The highest BCUT2D eigenvalue weighted by molar-refractivity contribution is 7.80. The number of aryl methyl sites for hydroxylation is 1. The molecule has 4 N–H and O–H groups in total. The van der Waals surface area contributed by atoms with E-state index in [-0.39, 0.29) is 17.6 Å². The van der Waals surface area contributed by atoms with E-state index in [2.05, 4.69) is 23.3 Å². The van der Waals surface area contributed by atoms with E-state index in [9.17, 15) is 9.59 Å². The fraction of sp³-hybridized carbons (Fsp3) is 0.222. The molecule has 0 bridgehead atoms. The van der Waals surface area contributed by atoms with Crippen LogP contribution in [0.1, 0.15) is 21.5 Å². The van der Waals surface area contributed by atoms with Crippen molar-refractivity contribution in [2.45, 2.75) is 19.9 Å². The first-order valence-electron chi connectivity index (χ1n) is 7.57. The first-order chi connectivity index (χ1) is 11.4. The van der Waals surface area contributed by atoms with Crippen LogP contribution in [0.25, 0.3) is 0 Å². The Labute approximate surface area is 147 Å². The molecule has 2 amide bonds. The van der Waals surface area contributed by atoms with Crippen molar-refractivity contribution >= 4 is 35.8 Å². The van der Waals surface area contributed by atoms with Gasteiger partial charge in [0.25, 0.3) is 5.91 Å². The van der Waals surface area contributed by atoms with Crippen molar-refractivity contribution in [3.63, 3.8) is 0 Å². The number of rotatable bonds is 5. The summed E-state index contributed by atoms with van der Waals surface area (Å²) >= 11 is 4.00. The molecular weight excluding hydrogens is 322 g/mol. The molecule has 0 heterocycles. The van der Waals surface area contributed by atoms with Crippen LogP contribution < -0.4 is 16.4 Å². The molecule has 0 spiro atoms. The maximum absolute atomic E-state index is 12.4. The smallest absolute Gasteiger partial charge is 0.255 e. The normalized spacial score (nSPS) is 11.7. The van der Waals surface area contributed by atoms with Crippen LogP contribution >= 0.6 is 12.6 Å². The van der Waals surface area contributed by atoms with Crippen LogP contribution in [-0.4, -0.2) is 23.6 Å². The van der Waals surface area contributed by atoms with Crippen molar-refractivity contribution in [3.8, 4) is 0 Å². The fourth-order valence-corrected chi connectivity index (χ4v) is 2.30. The Morgan fingerprint density at radius 2 is 1.83 bits per heavy atom. The zero-order valence-electron chi connectivity index (χ0n) is 13.7. The summed E-state index contributed by atoms with van der Waals surface area (Å²) in [7, 11) is 0. The summed E-state index contributed by atoms with van der Waals surface area (Å²) in [5.41, 5.74) is 9.50. The van der Waals surface area contributed by atoms with Crippen LogP contribution in [0, 0.1) is 13.8 Å². The van der Waals surface area contributed by atoms with Crippen molar-refractivity contribution in [1.82, 2.24) is 0 Å². The van der Waals surface area contributed by atoms with Crippen molar-refractivity contribution in [2.24, 2.45) is 5.73 Å². The van der Waals surface area contributed by atoms with Crippen LogP contribution in [0.2, 0.25) is 0 Å². The number of nitrogens with one attached hydrogen (secondary N) is 2. The minimum atomic E-state index is -0.694. The van der Waals surface area contributed by atoms with Gasteiger partial charge in [0.05, 0.1) is 6.04 Å². The average Bonchev–Trinajstić information content (AvgIpc) is 2.58. The molecule has 2 rings (SSSR count). The molecule has 0 saturated carbocycles. The lowest BCUT2D eigenvalue weighted by Gasteiger charge is -2.12. The molecule has 5 nitrogen and oxygen atoms in total. The third-order valence-electron chi connectivity index (χ3n) is 3.78. The summed E-state index contributed by atoms with van der Waals surface area (Å²) in [6, 6.07) is 11.8. The van der Waals surface area contributed by atoms with E-state index in [4.69, 9.17) is 5.73 Å². The van der Waals surface area contributed by atoms with Gasteiger partial charge in [-0.3, -0.25) is 9.59 Å². The first-order valence-corrected chi connectivity index (χ1v) is 8.20. The highest BCUT2D eigenvalue weighted by atomic mass is 32.1. The topological polar surface area (TPSA) is 84.2 Å². The number of carbonyl (C=O) groups is 2. The van der Waals surface area contributed by atoms with Crippen molar-refractivity contribution < 1.29 is 9.59 Å². The van der Waals surface area contributed by atoms with Gasteiger partial charge in [-0.1, -0.05) is 18.2 Å². The number of amides is 2. The molecule has 0 aliphatic carbocycles. The Hall–Kier alpha value is -2.31. The van der Waals surface area contributed by atoms with E-state index in [1.807, 2.05) is 32.0 Å². The molecule has 0 aliphatic heterocycles. The summed E-state index contributed by atoms with van der Waals surface area (Å²) in [6.45, 7) is 3.95. The molecule has 0 aromatic heterocycles. The highest BCUT2D eigenvalue weighted by Gasteiger charge is 2.13. The molecule has 2 aromatic rings. The van der Waals surface area contributed by atoms with Gasteiger partial charge in [0.2, 0.25) is 5.91 Å². The lowest BCUT2D eigenvalue weighted by molar-refractivity contribution is -0.116. The van der Waals surface area contributed by atoms with Gasteiger partial charge >= 0.3 is 0 Å². The van der Waals surface area contributed by atoms with E-state index in [0.29, 0.717) is 11.3 Å². The second-order valence-corrected chi connectivity index (χ2v) is 5.93. The summed E-state index contributed by atoms with van der Waals surface area (Å²) < 4.78 is 0. The zero-order valence-corrected chi connectivity index (χ0v) is 14.6. The van der Waals surface area contributed by atoms with Gasteiger partial charge in [0.15, 0.2) is 0 Å². The predicted molar refractivity (Wildman–Crippen MR) is 101 cm³/mol. The number of thiol groups is 1. The van der Waals surface area contributed by atoms with Crippen LogP contribution in [0.5, 0.6) is 0 Å². The largest absolute Gasteiger partial charge is 0.325 e. The number of benzene rings is 2. The standard InChI is InChI=1S/C18H21N3O2S/c1-11-5-3-8-16(12(11)2)21-17(22)13-6-4-7-14(9-13)20-18(23)15(19)10-24/h3-9,15,24H,10,19H2,1-2H3,(H,20,23)(H,21,22)/t15-/m0/s1. The summed E-state index contributed by atoms with van der Waals surface area (Å²) in [6.07, 6.45) is 0. The summed E-state index contributed by atoms with van der Waals surface area (Å²) in [5.74, 6) is -0.325. The van der Waals surface area contributed by atoms with Crippen LogP contribution in [-0.2, 0) is 4.79 Å². The maximum atomic E-state index is 12.4. The first kappa shape index (κ1) is 18.0. The Kier molecular flexibility index (Phi) is 6.00. The Morgan fingerprint density at radius 3 is 2.54 bits per heavy atom. The number of carbonyl (C=O) groups excluding carboxylic acids is 2. The monoisotopic (exact) mass is 343 g/mol. The molecule has 126 valence electrons. The van der Waals surface area contributed by atoms with Crippen LogP contribution in [0.3, 0.4) is 0 Å². The minimum Gasteiger partial charge on any atom is -0.325 e.